The van der Waals surface area contributed by atoms with E-state index < -0.39 is 6.10 Å². The van der Waals surface area contributed by atoms with Gasteiger partial charge in [0.25, 0.3) is 0 Å². The lowest BCUT2D eigenvalue weighted by Gasteiger charge is -2.44. The van der Waals surface area contributed by atoms with Gasteiger partial charge in [0.05, 0.1) is 51.5 Å². The summed E-state index contributed by atoms with van der Waals surface area (Å²) < 4.78 is 17.2. The number of fused-ring (bicyclic) bond motifs is 1. The standard InChI is InChI=1S/C26H33N3O6/c1-33-23-10-6-5-7-18(23)14-27-25(31)13-21-11-12-22-24(35-21)17-34-16-20(30)15-29(22)26(32)28-19-8-3-2-4-9-19/h2-10,20-22,24,30H,11-17H2,1H3,(H,27,31)(H,28,32)/t20-,21+,22+,24-/m0/s1. The van der Waals surface area contributed by atoms with Gasteiger partial charge in [-0.05, 0) is 31.0 Å². The largest absolute Gasteiger partial charge is 0.496 e. The van der Waals surface area contributed by atoms with Crippen molar-refractivity contribution in [3.8, 4) is 5.75 Å². The van der Waals surface area contributed by atoms with E-state index in [-0.39, 0.29) is 56.4 Å². The molecule has 2 aromatic rings. The summed E-state index contributed by atoms with van der Waals surface area (Å²) in [5.74, 6) is 0.618. The van der Waals surface area contributed by atoms with Gasteiger partial charge in [0.15, 0.2) is 0 Å². The number of β-amino-alcohol motifs (C(OH)–C–C–N with tert-alkyl or cyclic N) is 1. The molecule has 2 aliphatic rings. The molecule has 4 rings (SSSR count). The van der Waals surface area contributed by atoms with Gasteiger partial charge in [-0.2, -0.15) is 0 Å². The third-order valence-electron chi connectivity index (χ3n) is 6.35. The Morgan fingerprint density at radius 2 is 1.86 bits per heavy atom. The quantitative estimate of drug-likeness (QED) is 0.583. The number of urea groups is 1. The number of amides is 3. The van der Waals surface area contributed by atoms with Gasteiger partial charge < -0.3 is 34.9 Å². The molecule has 2 aliphatic heterocycles. The maximum atomic E-state index is 13.1. The van der Waals surface area contributed by atoms with Crippen molar-refractivity contribution in [2.45, 2.75) is 50.2 Å². The first-order valence-corrected chi connectivity index (χ1v) is 12.0. The molecular formula is C26H33N3O6. The van der Waals surface area contributed by atoms with E-state index in [1.165, 1.54) is 0 Å². The molecule has 0 bridgehead atoms. The van der Waals surface area contributed by atoms with Gasteiger partial charge in [-0.3, -0.25) is 4.79 Å². The van der Waals surface area contributed by atoms with E-state index in [0.29, 0.717) is 25.1 Å². The lowest BCUT2D eigenvalue weighted by molar-refractivity contribution is -0.149. The van der Waals surface area contributed by atoms with Crippen LogP contribution in [0.5, 0.6) is 5.75 Å². The molecule has 35 heavy (non-hydrogen) atoms. The Kier molecular flexibility index (Phi) is 8.57. The number of anilines is 1. The summed E-state index contributed by atoms with van der Waals surface area (Å²) >= 11 is 0. The zero-order chi connectivity index (χ0) is 24.6. The van der Waals surface area contributed by atoms with Crippen LogP contribution in [0.3, 0.4) is 0 Å². The van der Waals surface area contributed by atoms with E-state index in [1.54, 1.807) is 12.0 Å². The fourth-order valence-electron chi connectivity index (χ4n) is 4.61. The number of benzene rings is 2. The van der Waals surface area contributed by atoms with Crippen LogP contribution in [-0.4, -0.2) is 73.2 Å². The molecule has 9 nitrogen and oxygen atoms in total. The van der Waals surface area contributed by atoms with Crippen molar-refractivity contribution in [2.24, 2.45) is 0 Å². The molecule has 0 unspecified atom stereocenters. The van der Waals surface area contributed by atoms with Crippen molar-refractivity contribution in [3.05, 3.63) is 60.2 Å². The second-order valence-corrected chi connectivity index (χ2v) is 8.87. The third kappa shape index (κ3) is 6.72. The van der Waals surface area contributed by atoms with E-state index in [1.807, 2.05) is 54.6 Å². The maximum Gasteiger partial charge on any atom is 0.322 e. The number of hydrogen-bond acceptors (Lipinski definition) is 6. The maximum absolute atomic E-state index is 13.1. The number of para-hydroxylation sites is 2. The van der Waals surface area contributed by atoms with Crippen LogP contribution in [0.15, 0.2) is 54.6 Å². The van der Waals surface area contributed by atoms with E-state index in [4.69, 9.17) is 14.2 Å². The van der Waals surface area contributed by atoms with Crippen LogP contribution in [-0.2, 0) is 20.8 Å². The Balaban J connectivity index is 1.35. The monoisotopic (exact) mass is 483 g/mol. The summed E-state index contributed by atoms with van der Waals surface area (Å²) in [6, 6.07) is 16.2. The number of carbonyl (C=O) groups is 2. The first-order chi connectivity index (χ1) is 17.0. The minimum atomic E-state index is -0.782. The normalized spacial score (nSPS) is 24.5. The Labute approximate surface area is 205 Å². The van der Waals surface area contributed by atoms with Crippen LogP contribution >= 0.6 is 0 Å². The molecule has 0 radical (unpaired) electrons. The summed E-state index contributed by atoms with van der Waals surface area (Å²) in [4.78, 5) is 27.4. The molecule has 3 N–H and O–H groups in total. The van der Waals surface area contributed by atoms with E-state index >= 15 is 0 Å². The highest BCUT2D eigenvalue weighted by molar-refractivity contribution is 5.89. The number of nitrogens with zero attached hydrogens (tertiary/aromatic N) is 1. The van der Waals surface area contributed by atoms with E-state index in [0.717, 1.165) is 11.3 Å². The van der Waals surface area contributed by atoms with Crippen LogP contribution in [0.2, 0.25) is 0 Å². The summed E-state index contributed by atoms with van der Waals surface area (Å²) in [5.41, 5.74) is 1.59. The number of carbonyl (C=O) groups excluding carboxylic acids is 2. The van der Waals surface area contributed by atoms with E-state index in [2.05, 4.69) is 10.6 Å². The molecule has 4 atom stereocenters. The highest BCUT2D eigenvalue weighted by Crippen LogP contribution is 2.28. The lowest BCUT2D eigenvalue weighted by atomic mass is 9.95. The van der Waals surface area contributed by atoms with Crippen LogP contribution < -0.4 is 15.4 Å². The van der Waals surface area contributed by atoms with Gasteiger partial charge in [0.2, 0.25) is 5.91 Å². The molecule has 2 aromatic carbocycles. The Bertz CT molecular complexity index is 988. The first kappa shape index (κ1) is 25.0. The highest BCUT2D eigenvalue weighted by Gasteiger charge is 2.40. The third-order valence-corrected chi connectivity index (χ3v) is 6.35. The fraction of sp³-hybridized carbons (Fsp3) is 0.462. The van der Waals surface area contributed by atoms with Crippen molar-refractivity contribution in [3.63, 3.8) is 0 Å². The summed E-state index contributed by atoms with van der Waals surface area (Å²) in [7, 11) is 1.60. The fourth-order valence-corrected chi connectivity index (χ4v) is 4.61. The van der Waals surface area contributed by atoms with Crippen molar-refractivity contribution < 1.29 is 28.9 Å². The number of methoxy groups -OCH3 is 1. The average molecular weight is 484 g/mol. The Morgan fingerprint density at radius 3 is 2.66 bits per heavy atom. The molecule has 0 saturated carbocycles. The van der Waals surface area contributed by atoms with Gasteiger partial charge in [-0.15, -0.1) is 0 Å². The molecule has 0 spiro atoms. The van der Waals surface area contributed by atoms with Crippen molar-refractivity contribution in [1.29, 1.82) is 0 Å². The van der Waals surface area contributed by atoms with Crippen molar-refractivity contribution >= 4 is 17.6 Å². The second kappa shape index (κ2) is 12.0. The van der Waals surface area contributed by atoms with Crippen LogP contribution in [0.1, 0.15) is 24.8 Å². The Morgan fingerprint density at radius 1 is 1.09 bits per heavy atom. The summed E-state index contributed by atoms with van der Waals surface area (Å²) in [5, 5.41) is 16.1. The molecule has 9 heteroatoms. The topological polar surface area (TPSA) is 109 Å². The number of rotatable bonds is 6. The van der Waals surface area contributed by atoms with Gasteiger partial charge in [0, 0.05) is 17.8 Å². The van der Waals surface area contributed by atoms with E-state index in [9.17, 15) is 14.7 Å². The zero-order valence-corrected chi connectivity index (χ0v) is 19.9. The molecule has 0 aliphatic carbocycles. The molecule has 3 amide bonds. The van der Waals surface area contributed by atoms with Crippen LogP contribution in [0.4, 0.5) is 10.5 Å². The number of aliphatic hydroxyl groups is 1. The molecule has 2 heterocycles. The minimum absolute atomic E-state index is 0.111. The minimum Gasteiger partial charge on any atom is -0.496 e. The highest BCUT2D eigenvalue weighted by atomic mass is 16.5. The van der Waals surface area contributed by atoms with Gasteiger partial charge in [0.1, 0.15) is 11.9 Å². The van der Waals surface area contributed by atoms with Crippen LogP contribution in [0.25, 0.3) is 0 Å². The van der Waals surface area contributed by atoms with Crippen molar-refractivity contribution in [2.75, 3.05) is 32.2 Å². The number of aliphatic hydroxyl groups excluding tert-OH is 1. The zero-order valence-electron chi connectivity index (χ0n) is 19.9. The lowest BCUT2D eigenvalue weighted by Crippen LogP contribution is -2.58. The predicted octanol–water partition coefficient (Wildman–Crippen LogP) is 2.54. The molecule has 0 aromatic heterocycles. The van der Waals surface area contributed by atoms with Crippen LogP contribution in [0, 0.1) is 0 Å². The Hall–Kier alpha value is -3.14. The average Bonchev–Trinajstić information content (AvgIpc) is 2.86. The van der Waals surface area contributed by atoms with Crippen molar-refractivity contribution in [1.82, 2.24) is 10.2 Å². The summed E-state index contributed by atoms with van der Waals surface area (Å²) in [6.45, 7) is 0.880. The molecule has 2 saturated heterocycles. The smallest absolute Gasteiger partial charge is 0.322 e. The molecule has 188 valence electrons. The first-order valence-electron chi connectivity index (χ1n) is 12.0. The summed E-state index contributed by atoms with van der Waals surface area (Å²) in [6.07, 6.45) is 0.0423. The second-order valence-electron chi connectivity index (χ2n) is 8.87. The number of ether oxygens (including phenoxy) is 3. The van der Waals surface area contributed by atoms with Gasteiger partial charge >= 0.3 is 6.03 Å². The predicted molar refractivity (Wildman–Crippen MR) is 130 cm³/mol. The molecular weight excluding hydrogens is 450 g/mol. The SMILES string of the molecule is COc1ccccc1CNC(=O)C[C@H]1CC[C@@H]2[C@H](COC[C@@H](O)CN2C(=O)Nc2ccccc2)O1. The van der Waals surface area contributed by atoms with Gasteiger partial charge in [-0.25, -0.2) is 4.79 Å². The number of nitrogens with one attached hydrogen (secondary N) is 2. The van der Waals surface area contributed by atoms with Gasteiger partial charge in [-0.1, -0.05) is 36.4 Å². The molecule has 2 fully saturated rings. The number of hydrogen-bond donors (Lipinski definition) is 3.